The van der Waals surface area contributed by atoms with Crippen LogP contribution in [0, 0.1) is 12.1 Å². The summed E-state index contributed by atoms with van der Waals surface area (Å²) in [6.45, 7) is 1.86. The van der Waals surface area contributed by atoms with Gasteiger partial charge >= 0.3 is 0 Å². The van der Waals surface area contributed by atoms with E-state index in [1.54, 1.807) is 12.1 Å². The van der Waals surface area contributed by atoms with Gasteiger partial charge < -0.3 is 0 Å². The maximum Gasteiger partial charge on any atom is 0.198 e. The predicted octanol–water partition coefficient (Wildman–Crippen LogP) is 2.00. The van der Waals surface area contributed by atoms with Gasteiger partial charge in [0.1, 0.15) is 0 Å². The van der Waals surface area contributed by atoms with Gasteiger partial charge in [0.2, 0.25) is 0 Å². The summed E-state index contributed by atoms with van der Waals surface area (Å²) in [5.74, 6) is -0.208. The number of hydrogen-bond donors (Lipinski definition) is 0. The highest BCUT2D eigenvalue weighted by atomic mass is 16.1. The van der Waals surface area contributed by atoms with Crippen molar-refractivity contribution in [2.24, 2.45) is 0 Å². The van der Waals surface area contributed by atoms with Crippen molar-refractivity contribution in [3.8, 4) is 0 Å². The molecule has 0 unspecified atom stereocenters. The molecule has 0 heterocycles. The Morgan fingerprint density at radius 3 is 2.86 bits per heavy atom. The van der Waals surface area contributed by atoms with E-state index in [1.165, 1.54) is 6.08 Å². The number of ketones is 2. The van der Waals surface area contributed by atoms with E-state index in [0.717, 1.165) is 0 Å². The van der Waals surface area contributed by atoms with Crippen LogP contribution in [0.5, 0.6) is 0 Å². The summed E-state index contributed by atoms with van der Waals surface area (Å²) in [5.41, 5.74) is 1.35. The first-order valence-corrected chi connectivity index (χ1v) is 4.46. The zero-order valence-corrected chi connectivity index (χ0v) is 7.76. The molecule has 0 N–H and O–H groups in total. The molecule has 1 aliphatic carbocycles. The minimum atomic E-state index is -0.110. The minimum Gasteiger partial charge on any atom is -0.289 e. The van der Waals surface area contributed by atoms with E-state index >= 15 is 0 Å². The van der Waals surface area contributed by atoms with Crippen molar-refractivity contribution < 1.29 is 9.59 Å². The van der Waals surface area contributed by atoms with Crippen molar-refractivity contribution in [1.29, 1.82) is 0 Å². The number of carbonyl (C=O) groups is 2. The fraction of sp³-hybridized carbons (Fsp3) is 0.167. The third-order valence-corrected chi connectivity index (χ3v) is 2.27. The molecular weight excluding hydrogens is 176 g/mol. The highest BCUT2D eigenvalue weighted by Crippen LogP contribution is 2.20. The zero-order chi connectivity index (χ0) is 10.1. The van der Waals surface area contributed by atoms with Gasteiger partial charge in [0.15, 0.2) is 11.6 Å². The average molecular weight is 184 g/mol. The smallest absolute Gasteiger partial charge is 0.198 e. The van der Waals surface area contributed by atoms with Crippen molar-refractivity contribution in [1.82, 2.24) is 0 Å². The quantitative estimate of drug-likeness (QED) is 0.669. The molecule has 1 aromatic carbocycles. The summed E-state index contributed by atoms with van der Waals surface area (Å²) >= 11 is 0. The number of hydrogen-bond acceptors (Lipinski definition) is 2. The van der Waals surface area contributed by atoms with Crippen LogP contribution in [0.15, 0.2) is 23.8 Å². The molecule has 14 heavy (non-hydrogen) atoms. The van der Waals surface area contributed by atoms with Gasteiger partial charge in [0, 0.05) is 11.1 Å². The summed E-state index contributed by atoms with van der Waals surface area (Å²) in [7, 11) is 0. The van der Waals surface area contributed by atoms with Gasteiger partial charge in [-0.05, 0) is 24.6 Å². The highest BCUT2D eigenvalue weighted by molar-refractivity contribution is 6.24. The van der Waals surface area contributed by atoms with Crippen molar-refractivity contribution in [3.63, 3.8) is 0 Å². The number of rotatable bonds is 1. The molecular formula is C12H8O2. The molecule has 0 amide bonds. The summed E-state index contributed by atoms with van der Waals surface area (Å²) in [6, 6.07) is 8.59. The lowest BCUT2D eigenvalue weighted by Crippen LogP contribution is -2.15. The monoisotopic (exact) mass is 184 g/mol. The van der Waals surface area contributed by atoms with Gasteiger partial charge in [0.05, 0.1) is 5.56 Å². The van der Waals surface area contributed by atoms with E-state index in [2.05, 4.69) is 12.1 Å². The summed E-state index contributed by atoms with van der Waals surface area (Å²) in [5, 5.41) is 0. The van der Waals surface area contributed by atoms with Crippen LogP contribution in [0.25, 0.3) is 0 Å². The van der Waals surface area contributed by atoms with Gasteiger partial charge in [-0.3, -0.25) is 9.59 Å². The molecule has 0 bridgehead atoms. The van der Waals surface area contributed by atoms with Crippen molar-refractivity contribution in [2.75, 3.05) is 0 Å². The third-order valence-electron chi connectivity index (χ3n) is 2.27. The topological polar surface area (TPSA) is 34.1 Å². The lowest BCUT2D eigenvalue weighted by atomic mass is 9.90. The van der Waals surface area contributed by atoms with Gasteiger partial charge in [-0.25, -0.2) is 0 Å². The SMILES string of the molecule is CCC1=CC(=O)c2ccc#cc2C1=O. The minimum absolute atomic E-state index is 0.0982. The Kier molecular flexibility index (Phi) is 1.94. The van der Waals surface area contributed by atoms with Crippen LogP contribution < -0.4 is 0 Å². The molecule has 68 valence electrons. The Bertz CT molecular complexity index is 441. The van der Waals surface area contributed by atoms with E-state index in [0.29, 0.717) is 23.1 Å². The lowest BCUT2D eigenvalue weighted by molar-refractivity contribution is 0.0982. The Hall–Kier alpha value is -1.88. The summed E-state index contributed by atoms with van der Waals surface area (Å²) < 4.78 is 0. The van der Waals surface area contributed by atoms with Crippen LogP contribution in [0.4, 0.5) is 0 Å². The lowest BCUT2D eigenvalue weighted by Gasteiger charge is -2.10. The Morgan fingerprint density at radius 2 is 2.14 bits per heavy atom. The van der Waals surface area contributed by atoms with E-state index in [9.17, 15) is 9.59 Å². The number of fused-ring (bicyclic) bond motifs is 1. The molecule has 0 saturated carbocycles. The molecule has 2 heteroatoms. The molecule has 2 nitrogen and oxygen atoms in total. The van der Waals surface area contributed by atoms with Crippen LogP contribution in [0.2, 0.25) is 0 Å². The maximum absolute atomic E-state index is 11.7. The van der Waals surface area contributed by atoms with Gasteiger partial charge in [-0.2, -0.15) is 0 Å². The molecule has 1 aromatic rings. The maximum atomic E-state index is 11.7. The first-order valence-electron chi connectivity index (χ1n) is 4.46. The number of allylic oxidation sites excluding steroid dienone is 2. The van der Waals surface area contributed by atoms with Crippen molar-refractivity contribution >= 4 is 11.6 Å². The van der Waals surface area contributed by atoms with Gasteiger partial charge in [0.25, 0.3) is 0 Å². The molecule has 0 aromatic heterocycles. The molecule has 0 spiro atoms. The standard InChI is InChI=1S/C12H8O2/c1-2-8-7-11(13)9-5-3-4-6-10(9)12(8)14/h3,5,7H,2H2,1H3. The second kappa shape index (κ2) is 3.12. The Morgan fingerprint density at radius 1 is 1.36 bits per heavy atom. The van der Waals surface area contributed by atoms with Crippen molar-refractivity contribution in [2.45, 2.75) is 13.3 Å². The molecule has 0 atom stereocenters. The van der Waals surface area contributed by atoms with Gasteiger partial charge in [-0.15, -0.1) is 0 Å². The first-order chi connectivity index (χ1) is 6.74. The summed E-state index contributed by atoms with van der Waals surface area (Å²) in [6.07, 6.45) is 1.99. The zero-order valence-electron chi connectivity index (χ0n) is 7.76. The van der Waals surface area contributed by atoms with Crippen LogP contribution in [0.3, 0.4) is 0 Å². The average Bonchev–Trinajstić information content (AvgIpc) is 2.23. The van der Waals surface area contributed by atoms with Crippen LogP contribution in [-0.4, -0.2) is 11.6 Å². The summed E-state index contributed by atoms with van der Waals surface area (Å²) in [4.78, 5) is 23.3. The molecule has 0 radical (unpaired) electrons. The molecule has 1 aliphatic rings. The third kappa shape index (κ3) is 1.14. The highest BCUT2D eigenvalue weighted by Gasteiger charge is 2.23. The van der Waals surface area contributed by atoms with Crippen LogP contribution >= 0.6 is 0 Å². The van der Waals surface area contributed by atoms with E-state index in [-0.39, 0.29) is 11.6 Å². The second-order valence-corrected chi connectivity index (χ2v) is 3.11. The molecule has 0 saturated heterocycles. The van der Waals surface area contributed by atoms with Crippen molar-refractivity contribution in [3.05, 3.63) is 47.0 Å². The number of Topliss-reactive ketones (excluding diaryl/α,β-unsaturated/α-hetero) is 1. The second-order valence-electron chi connectivity index (χ2n) is 3.11. The fourth-order valence-electron chi connectivity index (χ4n) is 1.50. The normalized spacial score (nSPS) is 14.5. The van der Waals surface area contributed by atoms with E-state index < -0.39 is 0 Å². The largest absolute Gasteiger partial charge is 0.289 e. The van der Waals surface area contributed by atoms with Crippen LogP contribution in [0.1, 0.15) is 34.1 Å². The molecule has 2 rings (SSSR count). The predicted molar refractivity (Wildman–Crippen MR) is 51.1 cm³/mol. The molecule has 0 aliphatic heterocycles. The van der Waals surface area contributed by atoms with Gasteiger partial charge in [-0.1, -0.05) is 19.1 Å². The Balaban J connectivity index is 2.61. The Labute approximate surface area is 82.2 Å². The van der Waals surface area contributed by atoms with E-state index in [1.807, 2.05) is 6.92 Å². The van der Waals surface area contributed by atoms with Crippen LogP contribution in [-0.2, 0) is 0 Å². The molecule has 0 fully saturated rings. The fourth-order valence-corrected chi connectivity index (χ4v) is 1.50. The number of carbonyl (C=O) groups excluding carboxylic acids is 2. The van der Waals surface area contributed by atoms with E-state index in [4.69, 9.17) is 0 Å². The first kappa shape index (κ1) is 8.71.